The lowest BCUT2D eigenvalue weighted by molar-refractivity contribution is -0.204. The second-order valence-electron chi connectivity index (χ2n) is 3.20. The van der Waals surface area contributed by atoms with Gasteiger partial charge in [0.2, 0.25) is 6.29 Å². The normalized spacial score (nSPS) is 27.1. The molecule has 0 saturated carbocycles. The maximum Gasteiger partial charge on any atom is 0.215 e. The fraction of sp³-hybridized carbons (Fsp3) is 0.364. The molecule has 1 aliphatic heterocycles. The summed E-state index contributed by atoms with van der Waals surface area (Å²) in [4.78, 5) is 10.5. The minimum atomic E-state index is -0.700. The smallest absolute Gasteiger partial charge is 0.215 e. The van der Waals surface area contributed by atoms with Gasteiger partial charge in [-0.3, -0.25) is 4.79 Å². The van der Waals surface area contributed by atoms with Crippen LogP contribution in [0.25, 0.3) is 0 Å². The molecule has 0 spiro atoms. The highest BCUT2D eigenvalue weighted by Gasteiger charge is 2.23. The fourth-order valence-electron chi connectivity index (χ4n) is 1.54. The van der Waals surface area contributed by atoms with Crippen molar-refractivity contribution in [2.75, 3.05) is 6.61 Å². The molecule has 2 unspecified atom stereocenters. The lowest BCUT2D eigenvalue weighted by Gasteiger charge is -2.27. The van der Waals surface area contributed by atoms with Crippen LogP contribution in [0.3, 0.4) is 0 Å². The van der Waals surface area contributed by atoms with Crippen molar-refractivity contribution in [2.45, 2.75) is 18.8 Å². The van der Waals surface area contributed by atoms with E-state index in [0.717, 1.165) is 12.0 Å². The molecule has 2 rings (SSSR count). The Morgan fingerprint density at radius 1 is 1.29 bits per heavy atom. The number of rotatable bonds is 2. The second kappa shape index (κ2) is 4.35. The highest BCUT2D eigenvalue weighted by molar-refractivity contribution is 5.54. The van der Waals surface area contributed by atoms with Crippen molar-refractivity contribution in [1.29, 1.82) is 0 Å². The zero-order valence-electron chi connectivity index (χ0n) is 7.76. The monoisotopic (exact) mass is 192 g/mol. The van der Waals surface area contributed by atoms with E-state index in [0.29, 0.717) is 12.9 Å². The van der Waals surface area contributed by atoms with Crippen molar-refractivity contribution in [3.05, 3.63) is 35.9 Å². The van der Waals surface area contributed by atoms with Crippen LogP contribution in [0, 0.1) is 0 Å². The molecule has 1 saturated heterocycles. The molecular formula is C11H12O3. The van der Waals surface area contributed by atoms with Crippen molar-refractivity contribution < 1.29 is 14.3 Å². The Hall–Kier alpha value is -1.19. The van der Waals surface area contributed by atoms with Gasteiger partial charge in [-0.1, -0.05) is 30.3 Å². The Kier molecular flexibility index (Phi) is 2.91. The van der Waals surface area contributed by atoms with E-state index in [1.807, 2.05) is 30.3 Å². The molecule has 1 aliphatic rings. The zero-order valence-corrected chi connectivity index (χ0v) is 7.76. The van der Waals surface area contributed by atoms with Gasteiger partial charge in [0.15, 0.2) is 6.29 Å². The van der Waals surface area contributed by atoms with Crippen molar-refractivity contribution >= 4 is 6.29 Å². The first-order valence-electron chi connectivity index (χ1n) is 4.67. The predicted molar refractivity (Wildman–Crippen MR) is 50.7 cm³/mol. The molecule has 2 atom stereocenters. The quantitative estimate of drug-likeness (QED) is 0.669. The molecule has 1 aromatic carbocycles. The van der Waals surface area contributed by atoms with Crippen molar-refractivity contribution in [2.24, 2.45) is 0 Å². The van der Waals surface area contributed by atoms with E-state index in [1.54, 1.807) is 0 Å². The fourth-order valence-corrected chi connectivity index (χ4v) is 1.54. The lowest BCUT2D eigenvalue weighted by atomic mass is 10.1. The van der Waals surface area contributed by atoms with Gasteiger partial charge < -0.3 is 9.47 Å². The third-order valence-electron chi connectivity index (χ3n) is 2.24. The van der Waals surface area contributed by atoms with Gasteiger partial charge in [0.1, 0.15) is 0 Å². The Labute approximate surface area is 82.6 Å². The number of carbonyl (C=O) groups is 1. The summed E-state index contributed by atoms with van der Waals surface area (Å²) < 4.78 is 10.5. The molecule has 1 fully saturated rings. The molecule has 0 amide bonds. The molecule has 0 N–H and O–H groups in total. The van der Waals surface area contributed by atoms with E-state index < -0.39 is 6.29 Å². The number of aldehydes is 1. The van der Waals surface area contributed by atoms with Crippen LogP contribution in [-0.4, -0.2) is 19.2 Å². The van der Waals surface area contributed by atoms with Crippen LogP contribution < -0.4 is 0 Å². The Balaban J connectivity index is 2.08. The topological polar surface area (TPSA) is 35.5 Å². The van der Waals surface area contributed by atoms with Crippen LogP contribution in [0.4, 0.5) is 0 Å². The van der Waals surface area contributed by atoms with Gasteiger partial charge in [-0.25, -0.2) is 0 Å². The van der Waals surface area contributed by atoms with E-state index in [9.17, 15) is 4.79 Å². The summed E-state index contributed by atoms with van der Waals surface area (Å²) in [5, 5.41) is 0. The third kappa shape index (κ3) is 2.00. The van der Waals surface area contributed by atoms with Crippen LogP contribution in [0.1, 0.15) is 18.1 Å². The molecule has 0 aliphatic carbocycles. The van der Waals surface area contributed by atoms with Gasteiger partial charge in [-0.15, -0.1) is 0 Å². The number of benzene rings is 1. The Morgan fingerprint density at radius 2 is 2.07 bits per heavy atom. The van der Waals surface area contributed by atoms with E-state index in [2.05, 4.69) is 0 Å². The standard InChI is InChI=1S/C11H12O3/c12-8-11-13-7-6-10(14-11)9-4-2-1-3-5-9/h1-5,8,10-11H,6-7H2. The van der Waals surface area contributed by atoms with Crippen LogP contribution >= 0.6 is 0 Å². The molecule has 74 valence electrons. The number of hydrogen-bond acceptors (Lipinski definition) is 3. The summed E-state index contributed by atoms with van der Waals surface area (Å²) in [6.07, 6.45) is 0.776. The summed E-state index contributed by atoms with van der Waals surface area (Å²) in [6, 6.07) is 9.88. The Bertz CT molecular complexity index is 297. The van der Waals surface area contributed by atoms with Gasteiger partial charge in [0, 0.05) is 6.42 Å². The highest BCUT2D eigenvalue weighted by atomic mass is 16.7. The lowest BCUT2D eigenvalue weighted by Crippen LogP contribution is -2.28. The summed E-state index contributed by atoms with van der Waals surface area (Å²) in [7, 11) is 0. The molecule has 0 aromatic heterocycles. The Morgan fingerprint density at radius 3 is 2.79 bits per heavy atom. The number of hydrogen-bond donors (Lipinski definition) is 0. The van der Waals surface area contributed by atoms with Gasteiger partial charge in [0.05, 0.1) is 12.7 Å². The first kappa shape index (κ1) is 9.37. The van der Waals surface area contributed by atoms with E-state index in [-0.39, 0.29) is 6.10 Å². The van der Waals surface area contributed by atoms with Crippen molar-refractivity contribution in [3.63, 3.8) is 0 Å². The first-order valence-corrected chi connectivity index (χ1v) is 4.67. The average molecular weight is 192 g/mol. The maximum absolute atomic E-state index is 10.5. The highest BCUT2D eigenvalue weighted by Crippen LogP contribution is 2.26. The van der Waals surface area contributed by atoms with E-state index >= 15 is 0 Å². The molecule has 1 heterocycles. The van der Waals surface area contributed by atoms with Crippen LogP contribution in [0.5, 0.6) is 0 Å². The summed E-state index contributed by atoms with van der Waals surface area (Å²) in [5.41, 5.74) is 1.10. The molecule has 0 bridgehead atoms. The number of ether oxygens (including phenoxy) is 2. The SMILES string of the molecule is O=CC1OCCC(c2ccccc2)O1. The first-order chi connectivity index (χ1) is 6.90. The minimum absolute atomic E-state index is 0.0138. The predicted octanol–water partition coefficient (Wildman–Crippen LogP) is 1.69. The minimum Gasteiger partial charge on any atom is -0.346 e. The van der Waals surface area contributed by atoms with Crippen LogP contribution in [0.15, 0.2) is 30.3 Å². The van der Waals surface area contributed by atoms with Gasteiger partial charge in [-0.2, -0.15) is 0 Å². The van der Waals surface area contributed by atoms with Crippen molar-refractivity contribution in [1.82, 2.24) is 0 Å². The van der Waals surface area contributed by atoms with Crippen molar-refractivity contribution in [3.8, 4) is 0 Å². The maximum atomic E-state index is 10.5. The second-order valence-corrected chi connectivity index (χ2v) is 3.20. The molecule has 14 heavy (non-hydrogen) atoms. The molecule has 0 radical (unpaired) electrons. The summed E-state index contributed by atoms with van der Waals surface area (Å²) in [5.74, 6) is 0. The van der Waals surface area contributed by atoms with Gasteiger partial charge in [-0.05, 0) is 5.56 Å². The van der Waals surface area contributed by atoms with E-state index in [1.165, 1.54) is 0 Å². The largest absolute Gasteiger partial charge is 0.346 e. The average Bonchev–Trinajstić information content (AvgIpc) is 2.30. The summed E-state index contributed by atoms with van der Waals surface area (Å²) in [6.45, 7) is 0.572. The third-order valence-corrected chi connectivity index (χ3v) is 2.24. The number of carbonyl (C=O) groups excluding carboxylic acids is 1. The molecular weight excluding hydrogens is 180 g/mol. The van der Waals surface area contributed by atoms with Gasteiger partial charge >= 0.3 is 0 Å². The van der Waals surface area contributed by atoms with Gasteiger partial charge in [0.25, 0.3) is 0 Å². The molecule has 1 aromatic rings. The van der Waals surface area contributed by atoms with E-state index in [4.69, 9.17) is 9.47 Å². The van der Waals surface area contributed by atoms with Crippen LogP contribution in [0.2, 0.25) is 0 Å². The summed E-state index contributed by atoms with van der Waals surface area (Å²) >= 11 is 0. The molecule has 3 heteroatoms. The van der Waals surface area contributed by atoms with Crippen LogP contribution in [-0.2, 0) is 14.3 Å². The zero-order chi connectivity index (χ0) is 9.80. The molecule has 3 nitrogen and oxygen atoms in total.